The maximum Gasteiger partial charge on any atom is 0.285 e. The number of guanidine groups is 1. The van der Waals surface area contributed by atoms with Crippen LogP contribution in [0.3, 0.4) is 0 Å². The molecule has 0 fully saturated rings. The summed E-state index contributed by atoms with van der Waals surface area (Å²) in [6.07, 6.45) is 0. The molecule has 4 rings (SSSR count). The van der Waals surface area contributed by atoms with Crippen molar-refractivity contribution in [2.24, 2.45) is 14.6 Å². The van der Waals surface area contributed by atoms with Crippen LogP contribution in [0, 0.1) is 0 Å². The number of nitrogens with one attached hydrogen (secondary N) is 2. The summed E-state index contributed by atoms with van der Waals surface area (Å²) in [5, 5.41) is 15.2. The Kier molecular flexibility index (Phi) is 8.94. The number of nitrogens with zero attached hydrogens (tertiary/aromatic N) is 3. The molecule has 0 radical (unpaired) electrons. The van der Waals surface area contributed by atoms with E-state index < -0.39 is 26.3 Å². The van der Waals surface area contributed by atoms with Crippen molar-refractivity contribution in [1.29, 1.82) is 0 Å². The van der Waals surface area contributed by atoms with Crippen molar-refractivity contribution in [3.63, 3.8) is 0 Å². The van der Waals surface area contributed by atoms with Crippen LogP contribution >= 0.6 is 23.2 Å². The van der Waals surface area contributed by atoms with E-state index in [1.807, 2.05) is 42.5 Å². The molecule has 2 atom stereocenters. The molecule has 0 bridgehead atoms. The van der Waals surface area contributed by atoms with Gasteiger partial charge in [0.2, 0.25) is 5.96 Å². The van der Waals surface area contributed by atoms with E-state index in [1.165, 1.54) is 29.3 Å². The van der Waals surface area contributed by atoms with Crippen LogP contribution < -0.4 is 15.2 Å². The van der Waals surface area contributed by atoms with Crippen LogP contribution in [0.5, 0.6) is 0 Å². The van der Waals surface area contributed by atoms with Crippen molar-refractivity contribution < 1.29 is 16.8 Å². The Balaban J connectivity index is 1.75. The Labute approximate surface area is 237 Å². The van der Waals surface area contributed by atoms with E-state index in [0.717, 1.165) is 11.1 Å². The summed E-state index contributed by atoms with van der Waals surface area (Å²) in [6, 6.07) is 21.8. The molecular weight excluding hydrogens is 583 g/mol. The van der Waals surface area contributed by atoms with Crippen molar-refractivity contribution in [3.05, 3.63) is 100 Å². The highest BCUT2D eigenvalue weighted by Crippen LogP contribution is 2.30. The van der Waals surface area contributed by atoms with Gasteiger partial charge in [0.25, 0.3) is 20.2 Å². The van der Waals surface area contributed by atoms with E-state index in [9.17, 15) is 16.8 Å². The number of rotatable bonds is 8. The van der Waals surface area contributed by atoms with Crippen molar-refractivity contribution in [2.45, 2.75) is 23.8 Å². The molecule has 0 saturated heterocycles. The van der Waals surface area contributed by atoms with Gasteiger partial charge < -0.3 is 5.32 Å². The van der Waals surface area contributed by atoms with E-state index in [4.69, 9.17) is 33.4 Å². The molecule has 1 aliphatic heterocycles. The first kappa shape index (κ1) is 29.0. The number of hydrazone groups is 1. The van der Waals surface area contributed by atoms with Crippen LogP contribution in [0.1, 0.15) is 24.0 Å². The van der Waals surface area contributed by atoms with Crippen LogP contribution in [0.25, 0.3) is 0 Å². The van der Waals surface area contributed by atoms with E-state index in [-0.39, 0.29) is 29.9 Å². The molecule has 3 aromatic rings. The topological polar surface area (TPSA) is 146 Å². The van der Waals surface area contributed by atoms with Gasteiger partial charge in [0.15, 0.2) is 0 Å². The summed E-state index contributed by atoms with van der Waals surface area (Å²) in [6.45, 7) is 1.81. The molecule has 1 heterocycles. The summed E-state index contributed by atoms with van der Waals surface area (Å²) in [5.41, 5.74) is 2.46. The lowest BCUT2D eigenvalue weighted by atomic mass is 9.91. The van der Waals surface area contributed by atoms with Gasteiger partial charge >= 0.3 is 0 Å². The highest BCUT2D eigenvalue weighted by Gasteiger charge is 2.32. The first-order valence-corrected chi connectivity index (χ1v) is 15.5. The van der Waals surface area contributed by atoms with E-state index >= 15 is 0 Å². The summed E-state index contributed by atoms with van der Waals surface area (Å²) in [5.74, 6) is -0.310. The highest BCUT2D eigenvalue weighted by molar-refractivity contribution is 7.90. The maximum atomic E-state index is 13.2. The molecule has 0 aliphatic carbocycles. The largest absolute Gasteiger partial charge is 0.352 e. The van der Waals surface area contributed by atoms with Crippen LogP contribution in [0.2, 0.25) is 10.0 Å². The van der Waals surface area contributed by atoms with Crippen LogP contribution in [0.4, 0.5) is 0 Å². The van der Waals surface area contributed by atoms with Gasteiger partial charge in [-0.3, -0.25) is 0 Å². The first-order chi connectivity index (χ1) is 18.4. The second kappa shape index (κ2) is 12.0. The Bertz CT molecular complexity index is 1580. The molecule has 0 amide bonds. The van der Waals surface area contributed by atoms with Gasteiger partial charge in [-0.05, 0) is 54.4 Å². The Morgan fingerprint density at radius 3 is 2.18 bits per heavy atom. The molecule has 1 unspecified atom stereocenters. The third-order valence-electron chi connectivity index (χ3n) is 5.75. The zero-order valence-corrected chi connectivity index (χ0v) is 23.8. The van der Waals surface area contributed by atoms with Gasteiger partial charge in [-0.1, -0.05) is 65.7 Å². The number of hydrogen-bond donors (Lipinski definition) is 3. The molecular formula is C25H26Cl2N6O4S2. The summed E-state index contributed by atoms with van der Waals surface area (Å²) >= 11 is 12.0. The summed E-state index contributed by atoms with van der Waals surface area (Å²) < 4.78 is 55.7. The SMILES string of the molecule is CC(CN/C(=N\S(=O)(=O)c1ccc(Cl)cc1)N1C[C@@H](c2ccccc2)C(c2ccc(Cl)cc2)=N1)NS(N)(=O)=O. The molecule has 0 aromatic heterocycles. The van der Waals surface area contributed by atoms with Gasteiger partial charge in [-0.25, -0.2) is 10.1 Å². The average Bonchev–Trinajstić information content (AvgIpc) is 3.32. The minimum atomic E-state index is -4.19. The van der Waals surface area contributed by atoms with Gasteiger partial charge in [0.1, 0.15) is 0 Å². The normalized spacial score (nSPS) is 17.1. The quantitative estimate of drug-likeness (QED) is 0.264. The Morgan fingerprint density at radius 1 is 1.00 bits per heavy atom. The molecule has 10 nitrogen and oxygen atoms in total. The van der Waals surface area contributed by atoms with E-state index in [2.05, 4.69) is 14.4 Å². The van der Waals surface area contributed by atoms with Gasteiger partial charge in [0.05, 0.1) is 17.2 Å². The zero-order valence-electron chi connectivity index (χ0n) is 20.7. The molecule has 0 saturated carbocycles. The lowest BCUT2D eigenvalue weighted by Crippen LogP contribution is -2.47. The average molecular weight is 610 g/mol. The fourth-order valence-corrected chi connectivity index (χ4v) is 5.84. The second-order valence-electron chi connectivity index (χ2n) is 8.83. The van der Waals surface area contributed by atoms with Crippen molar-refractivity contribution in [3.8, 4) is 0 Å². The summed E-state index contributed by atoms with van der Waals surface area (Å²) in [7, 11) is -8.17. The molecule has 206 valence electrons. The van der Waals surface area contributed by atoms with Gasteiger partial charge in [-0.15, -0.1) is 4.40 Å². The summed E-state index contributed by atoms with van der Waals surface area (Å²) in [4.78, 5) is -0.0670. The molecule has 1 aliphatic rings. The third-order valence-corrected chi connectivity index (χ3v) is 8.27. The Hall–Kier alpha value is -3.00. The zero-order chi connectivity index (χ0) is 28.2. The minimum absolute atomic E-state index is 0.0241. The van der Waals surface area contributed by atoms with Crippen molar-refractivity contribution >= 4 is 55.1 Å². The molecule has 4 N–H and O–H groups in total. The number of hydrogen-bond acceptors (Lipinski definition) is 5. The lowest BCUT2D eigenvalue weighted by molar-refractivity contribution is 0.450. The van der Waals surface area contributed by atoms with Gasteiger partial charge in [-0.2, -0.15) is 26.7 Å². The minimum Gasteiger partial charge on any atom is -0.352 e. The van der Waals surface area contributed by atoms with E-state index in [1.54, 1.807) is 19.1 Å². The van der Waals surface area contributed by atoms with Crippen LogP contribution in [-0.2, 0) is 20.2 Å². The smallest absolute Gasteiger partial charge is 0.285 e. The second-order valence-corrected chi connectivity index (χ2v) is 12.6. The number of sulfonamides is 1. The predicted molar refractivity (Wildman–Crippen MR) is 154 cm³/mol. The lowest BCUT2D eigenvalue weighted by Gasteiger charge is -2.21. The molecule has 39 heavy (non-hydrogen) atoms. The van der Waals surface area contributed by atoms with E-state index in [0.29, 0.717) is 15.8 Å². The first-order valence-electron chi connectivity index (χ1n) is 11.7. The van der Waals surface area contributed by atoms with Crippen LogP contribution in [0.15, 0.2) is 93.3 Å². The number of benzene rings is 3. The molecule has 3 aromatic carbocycles. The maximum absolute atomic E-state index is 13.2. The standard InChI is InChI=1S/C25H26Cl2N6O4S2/c1-17(31-39(28,36)37)15-29-25(32-38(34,35)22-13-11-21(27)12-14-22)33-16-23(18-5-3-2-4-6-18)24(30-33)19-7-9-20(26)10-8-19/h2-14,17,23,31H,15-16H2,1H3,(H,29,32)(H2,28,36,37)/t17?,23-/m0/s1. The van der Waals surface area contributed by atoms with Crippen molar-refractivity contribution in [1.82, 2.24) is 15.0 Å². The Morgan fingerprint density at radius 2 is 1.59 bits per heavy atom. The van der Waals surface area contributed by atoms with Gasteiger partial charge in [0, 0.05) is 28.5 Å². The predicted octanol–water partition coefficient (Wildman–Crippen LogP) is 3.31. The fraction of sp³-hybridized carbons (Fsp3) is 0.200. The monoisotopic (exact) mass is 608 g/mol. The molecule has 0 spiro atoms. The van der Waals surface area contributed by atoms with Crippen molar-refractivity contribution in [2.75, 3.05) is 13.1 Å². The highest BCUT2D eigenvalue weighted by atomic mass is 35.5. The third kappa shape index (κ3) is 7.78. The van der Waals surface area contributed by atoms with Crippen LogP contribution in [-0.4, -0.2) is 52.6 Å². The molecule has 14 heteroatoms. The fourth-order valence-electron chi connectivity index (χ4n) is 3.97. The number of halogens is 2. The number of nitrogens with two attached hydrogens (primary N) is 1.